The zero-order chi connectivity index (χ0) is 11.8. The van der Waals surface area contributed by atoms with Gasteiger partial charge in [0.05, 0.1) is 0 Å². The van der Waals surface area contributed by atoms with Crippen LogP contribution in [0, 0.1) is 27.7 Å². The first kappa shape index (κ1) is 12.2. The highest BCUT2D eigenvalue weighted by Gasteiger charge is 2.12. The molecule has 1 aromatic carbocycles. The molecule has 0 atom stereocenters. The fraction of sp³-hybridized carbons (Fsp3) is 0.455. The van der Waals surface area contributed by atoms with Gasteiger partial charge in [-0.2, -0.15) is 8.42 Å². The summed E-state index contributed by atoms with van der Waals surface area (Å²) >= 11 is 0. The van der Waals surface area contributed by atoms with E-state index in [1.165, 1.54) is 5.56 Å². The van der Waals surface area contributed by atoms with Gasteiger partial charge in [0.1, 0.15) is 5.75 Å². The van der Waals surface area contributed by atoms with Crippen LogP contribution in [0.1, 0.15) is 27.8 Å². The molecule has 0 spiro atoms. The smallest absolute Gasteiger partial charge is 0.269 e. The fourth-order valence-electron chi connectivity index (χ4n) is 1.64. The highest BCUT2D eigenvalue weighted by atomic mass is 32.2. The first-order valence-corrected chi connectivity index (χ1v) is 6.34. The lowest BCUT2D eigenvalue weighted by Crippen LogP contribution is -2.05. The van der Waals surface area contributed by atoms with Crippen LogP contribution in [-0.4, -0.2) is 13.0 Å². The summed E-state index contributed by atoms with van der Waals surface area (Å²) in [5, 5.41) is 0. The average Bonchev–Trinajstić information content (AvgIpc) is 2.08. The number of hydrogen-bond acceptors (Lipinski definition) is 2. The SMILES string of the molecule is Cc1cc(CS(=O)(=O)O)c(C)c(C)c1C. The van der Waals surface area contributed by atoms with Crippen LogP contribution in [0.2, 0.25) is 0 Å². The van der Waals surface area contributed by atoms with E-state index >= 15 is 0 Å². The summed E-state index contributed by atoms with van der Waals surface area (Å²) in [5.74, 6) is -0.305. The van der Waals surface area contributed by atoms with E-state index in [0.29, 0.717) is 5.56 Å². The third-order valence-electron chi connectivity index (χ3n) is 2.93. The maximum Gasteiger partial charge on any atom is 0.269 e. The van der Waals surface area contributed by atoms with Crippen LogP contribution in [0.3, 0.4) is 0 Å². The van der Waals surface area contributed by atoms with Gasteiger partial charge < -0.3 is 0 Å². The minimum absolute atomic E-state index is 0.305. The molecule has 0 fully saturated rings. The van der Waals surface area contributed by atoms with Crippen LogP contribution in [0.25, 0.3) is 0 Å². The Kier molecular flexibility index (Phi) is 3.21. The van der Waals surface area contributed by atoms with E-state index in [2.05, 4.69) is 0 Å². The van der Waals surface area contributed by atoms with Gasteiger partial charge in [0, 0.05) is 0 Å². The van der Waals surface area contributed by atoms with Crippen molar-refractivity contribution < 1.29 is 13.0 Å². The Balaban J connectivity index is 3.33. The molecule has 0 amide bonds. The van der Waals surface area contributed by atoms with E-state index in [4.69, 9.17) is 4.55 Å². The molecule has 84 valence electrons. The predicted octanol–water partition coefficient (Wildman–Crippen LogP) is 2.31. The zero-order valence-electron chi connectivity index (χ0n) is 9.46. The molecule has 0 bridgehead atoms. The molecule has 3 nitrogen and oxygen atoms in total. The van der Waals surface area contributed by atoms with Crippen molar-refractivity contribution in [2.45, 2.75) is 33.4 Å². The Morgan fingerprint density at radius 2 is 1.60 bits per heavy atom. The molecule has 1 rings (SSSR count). The number of hydrogen-bond donors (Lipinski definition) is 1. The summed E-state index contributed by atoms with van der Waals surface area (Å²) in [5.41, 5.74) is 4.94. The lowest BCUT2D eigenvalue weighted by atomic mass is 9.95. The van der Waals surface area contributed by atoms with Gasteiger partial charge in [-0.3, -0.25) is 4.55 Å². The van der Waals surface area contributed by atoms with Gasteiger partial charge in [-0.05, 0) is 55.5 Å². The van der Waals surface area contributed by atoms with Crippen molar-refractivity contribution in [1.82, 2.24) is 0 Å². The molecule has 0 aliphatic rings. The lowest BCUT2D eigenvalue weighted by Gasteiger charge is -2.13. The molecule has 0 unspecified atom stereocenters. The van der Waals surface area contributed by atoms with Crippen LogP contribution >= 0.6 is 0 Å². The molecule has 4 heteroatoms. The highest BCUT2D eigenvalue weighted by molar-refractivity contribution is 7.85. The molecule has 0 saturated heterocycles. The van der Waals surface area contributed by atoms with Crippen molar-refractivity contribution in [2.75, 3.05) is 0 Å². The summed E-state index contributed by atoms with van der Waals surface area (Å²) in [6.45, 7) is 7.79. The molecule has 1 aromatic rings. The fourth-order valence-corrected chi connectivity index (χ4v) is 2.33. The van der Waals surface area contributed by atoms with E-state index in [1.54, 1.807) is 0 Å². The lowest BCUT2D eigenvalue weighted by molar-refractivity contribution is 0.482. The monoisotopic (exact) mass is 228 g/mol. The first-order valence-electron chi connectivity index (χ1n) is 4.74. The molecule has 0 aromatic heterocycles. The Morgan fingerprint density at radius 1 is 1.07 bits per heavy atom. The summed E-state index contributed by atoms with van der Waals surface area (Å²) in [6, 6.07) is 1.82. The van der Waals surface area contributed by atoms with Gasteiger partial charge in [0.2, 0.25) is 0 Å². The molecule has 0 aliphatic heterocycles. The molecule has 0 heterocycles. The summed E-state index contributed by atoms with van der Waals surface area (Å²) in [4.78, 5) is 0. The standard InChI is InChI=1S/C11H16O3S/c1-7-5-11(6-15(12,13)14)10(4)9(3)8(7)2/h5H,6H2,1-4H3,(H,12,13,14). The average molecular weight is 228 g/mol. The van der Waals surface area contributed by atoms with Crippen LogP contribution in [0.15, 0.2) is 6.07 Å². The Labute approximate surface area is 90.9 Å². The maximum atomic E-state index is 10.8. The molecular formula is C11H16O3S. The molecule has 0 aliphatic carbocycles. The van der Waals surface area contributed by atoms with E-state index < -0.39 is 10.1 Å². The second-order valence-electron chi connectivity index (χ2n) is 3.95. The van der Waals surface area contributed by atoms with Gasteiger partial charge in [-0.15, -0.1) is 0 Å². The maximum absolute atomic E-state index is 10.8. The van der Waals surface area contributed by atoms with Crippen molar-refractivity contribution >= 4 is 10.1 Å². The quantitative estimate of drug-likeness (QED) is 0.790. The minimum atomic E-state index is -3.95. The van der Waals surface area contributed by atoms with Crippen molar-refractivity contribution in [3.05, 3.63) is 33.9 Å². The van der Waals surface area contributed by atoms with Crippen molar-refractivity contribution in [1.29, 1.82) is 0 Å². The Morgan fingerprint density at radius 3 is 2.07 bits per heavy atom. The molecule has 0 saturated carbocycles. The third kappa shape index (κ3) is 2.79. The van der Waals surface area contributed by atoms with Crippen LogP contribution in [-0.2, 0) is 15.9 Å². The van der Waals surface area contributed by atoms with Crippen molar-refractivity contribution in [2.24, 2.45) is 0 Å². The Bertz CT molecular complexity index is 487. The first-order chi connectivity index (χ1) is 6.72. The Hall–Kier alpha value is -0.870. The van der Waals surface area contributed by atoms with Crippen LogP contribution in [0.4, 0.5) is 0 Å². The van der Waals surface area contributed by atoms with Gasteiger partial charge in [-0.1, -0.05) is 6.07 Å². The van der Waals surface area contributed by atoms with E-state index in [9.17, 15) is 8.42 Å². The number of benzene rings is 1. The van der Waals surface area contributed by atoms with Crippen molar-refractivity contribution in [3.8, 4) is 0 Å². The topological polar surface area (TPSA) is 54.4 Å². The number of aryl methyl sites for hydroxylation is 1. The van der Waals surface area contributed by atoms with Gasteiger partial charge in [-0.25, -0.2) is 0 Å². The van der Waals surface area contributed by atoms with E-state index in [0.717, 1.165) is 16.7 Å². The van der Waals surface area contributed by atoms with Crippen LogP contribution in [0.5, 0.6) is 0 Å². The van der Waals surface area contributed by atoms with Gasteiger partial charge in [0.15, 0.2) is 0 Å². The second-order valence-corrected chi connectivity index (χ2v) is 5.41. The minimum Gasteiger partial charge on any atom is -0.285 e. The molecule has 1 N–H and O–H groups in total. The van der Waals surface area contributed by atoms with Crippen LogP contribution < -0.4 is 0 Å². The zero-order valence-corrected chi connectivity index (χ0v) is 10.3. The predicted molar refractivity (Wildman–Crippen MR) is 60.6 cm³/mol. The molecule has 15 heavy (non-hydrogen) atoms. The largest absolute Gasteiger partial charge is 0.285 e. The summed E-state index contributed by atoms with van der Waals surface area (Å²) in [7, 11) is -3.95. The normalized spacial score (nSPS) is 11.8. The summed E-state index contributed by atoms with van der Waals surface area (Å²) < 4.78 is 30.5. The third-order valence-corrected chi connectivity index (χ3v) is 3.60. The summed E-state index contributed by atoms with van der Waals surface area (Å²) in [6.07, 6.45) is 0. The number of rotatable bonds is 2. The highest BCUT2D eigenvalue weighted by Crippen LogP contribution is 2.22. The molecular weight excluding hydrogens is 212 g/mol. The second kappa shape index (κ2) is 3.94. The van der Waals surface area contributed by atoms with E-state index in [1.807, 2.05) is 33.8 Å². The van der Waals surface area contributed by atoms with Crippen molar-refractivity contribution in [3.63, 3.8) is 0 Å². The van der Waals surface area contributed by atoms with E-state index in [-0.39, 0.29) is 5.75 Å². The molecule has 0 radical (unpaired) electrons. The van der Waals surface area contributed by atoms with Gasteiger partial charge >= 0.3 is 0 Å². The van der Waals surface area contributed by atoms with Gasteiger partial charge in [0.25, 0.3) is 10.1 Å².